The van der Waals surface area contributed by atoms with Crippen LogP contribution in [0.25, 0.3) is 0 Å². The zero-order valence-electron chi connectivity index (χ0n) is 17.7. The Kier molecular flexibility index (Phi) is 13.6. The molecule has 1 aromatic heterocycles. The van der Waals surface area contributed by atoms with Crippen molar-refractivity contribution < 1.29 is 9.15 Å². The van der Waals surface area contributed by atoms with Crippen molar-refractivity contribution in [2.45, 2.75) is 26.9 Å². The van der Waals surface area contributed by atoms with E-state index in [0.29, 0.717) is 19.1 Å². The average Bonchev–Trinajstić information content (AvgIpc) is 3.18. The van der Waals surface area contributed by atoms with Gasteiger partial charge in [0.2, 0.25) is 0 Å². The fraction of sp³-hybridized carbons (Fsp3) is 0.750. The average molecular weight is 507 g/mol. The number of halogens is 1. The van der Waals surface area contributed by atoms with E-state index in [4.69, 9.17) is 14.1 Å². The van der Waals surface area contributed by atoms with E-state index < -0.39 is 0 Å². The third-order valence-electron chi connectivity index (χ3n) is 4.65. The molecule has 1 aliphatic heterocycles. The summed E-state index contributed by atoms with van der Waals surface area (Å²) in [5, 5.41) is 6.72. The smallest absolute Gasteiger partial charge is 0.191 e. The Labute approximate surface area is 187 Å². The van der Waals surface area contributed by atoms with Crippen LogP contribution in [0.3, 0.4) is 0 Å². The van der Waals surface area contributed by atoms with E-state index in [-0.39, 0.29) is 24.0 Å². The zero-order chi connectivity index (χ0) is 19.3. The molecule has 1 atom stereocenters. The first-order chi connectivity index (χ1) is 13.2. The molecule has 0 bridgehead atoms. The van der Waals surface area contributed by atoms with Gasteiger partial charge in [0.15, 0.2) is 5.96 Å². The van der Waals surface area contributed by atoms with Crippen LogP contribution in [0.4, 0.5) is 0 Å². The summed E-state index contributed by atoms with van der Waals surface area (Å²) in [5.74, 6) is 2.32. The fourth-order valence-electron chi connectivity index (χ4n) is 3.07. The molecule has 1 aliphatic rings. The number of nitrogens with one attached hydrogen (secondary N) is 2. The van der Waals surface area contributed by atoms with Gasteiger partial charge < -0.3 is 29.6 Å². The van der Waals surface area contributed by atoms with E-state index in [0.717, 1.165) is 44.3 Å². The molecule has 1 aromatic rings. The van der Waals surface area contributed by atoms with Crippen LogP contribution in [0.5, 0.6) is 0 Å². The summed E-state index contributed by atoms with van der Waals surface area (Å²) in [4.78, 5) is 9.70. The highest BCUT2D eigenvalue weighted by molar-refractivity contribution is 14.0. The van der Waals surface area contributed by atoms with Crippen molar-refractivity contribution >= 4 is 29.9 Å². The minimum Gasteiger partial charge on any atom is -0.467 e. The van der Waals surface area contributed by atoms with E-state index >= 15 is 0 Å². The Bertz CT molecular complexity index is 519. The van der Waals surface area contributed by atoms with Crippen molar-refractivity contribution in [1.29, 1.82) is 0 Å². The highest BCUT2D eigenvalue weighted by Gasteiger charge is 2.15. The van der Waals surface area contributed by atoms with Crippen molar-refractivity contribution in [3.63, 3.8) is 0 Å². The molecule has 0 saturated carbocycles. The van der Waals surface area contributed by atoms with Gasteiger partial charge in [-0.3, -0.25) is 4.99 Å². The lowest BCUT2D eigenvalue weighted by Crippen LogP contribution is -2.46. The number of furan rings is 1. The van der Waals surface area contributed by atoms with Gasteiger partial charge >= 0.3 is 0 Å². The monoisotopic (exact) mass is 507 g/mol. The van der Waals surface area contributed by atoms with Gasteiger partial charge in [-0.15, -0.1) is 24.0 Å². The Morgan fingerprint density at radius 1 is 1.29 bits per heavy atom. The number of likely N-dealkylation sites (N-methyl/N-ethyl adjacent to an activating group) is 1. The molecule has 2 N–H and O–H groups in total. The van der Waals surface area contributed by atoms with Crippen LogP contribution in [0.15, 0.2) is 27.8 Å². The molecule has 2 rings (SSSR count). The summed E-state index contributed by atoms with van der Waals surface area (Å²) in [6.45, 7) is 14.0. The first-order valence-corrected chi connectivity index (χ1v) is 10.2. The zero-order valence-corrected chi connectivity index (χ0v) is 20.0. The molecule has 7 nitrogen and oxygen atoms in total. The largest absolute Gasteiger partial charge is 0.467 e. The highest BCUT2D eigenvalue weighted by atomic mass is 127. The number of nitrogens with zero attached hydrogens (tertiary/aromatic N) is 3. The Hall–Kier alpha value is -0.840. The standard InChI is InChI=1S/C20H37N5O2.HI/c1-4-21-20(22-8-6-13-26-17-19-7-5-14-27-19)23-15-18(2)16-25-11-9-24(3)10-12-25;/h5,7,14,18H,4,6,8-13,15-17H2,1-3H3,(H2,21,22,23);1H. The molecule has 8 heteroatoms. The summed E-state index contributed by atoms with van der Waals surface area (Å²) < 4.78 is 10.9. The molecule has 0 amide bonds. The van der Waals surface area contributed by atoms with Gasteiger partial charge in [0, 0.05) is 59.0 Å². The minimum atomic E-state index is 0. The number of hydrogen-bond donors (Lipinski definition) is 2. The molecule has 1 unspecified atom stereocenters. The number of ether oxygens (including phenoxy) is 1. The SMILES string of the molecule is CCNC(=NCC(C)CN1CCN(C)CC1)NCCCOCc1ccco1.I. The molecule has 0 spiro atoms. The highest BCUT2D eigenvalue weighted by Crippen LogP contribution is 2.05. The van der Waals surface area contributed by atoms with Crippen molar-refractivity contribution in [3.8, 4) is 0 Å². The van der Waals surface area contributed by atoms with Gasteiger partial charge in [0.1, 0.15) is 12.4 Å². The molecule has 1 saturated heterocycles. The molecule has 0 aromatic carbocycles. The first kappa shape index (κ1) is 25.2. The van der Waals surface area contributed by atoms with Crippen LogP contribution >= 0.6 is 24.0 Å². The van der Waals surface area contributed by atoms with Gasteiger partial charge in [0.05, 0.1) is 6.26 Å². The van der Waals surface area contributed by atoms with E-state index in [1.807, 2.05) is 12.1 Å². The normalized spacial score (nSPS) is 17.2. The van der Waals surface area contributed by atoms with Gasteiger partial charge in [-0.25, -0.2) is 0 Å². The molecular formula is C20H38IN5O2. The number of piperazine rings is 1. The number of guanidine groups is 1. The Morgan fingerprint density at radius 2 is 2.07 bits per heavy atom. The Morgan fingerprint density at radius 3 is 2.75 bits per heavy atom. The van der Waals surface area contributed by atoms with Crippen LogP contribution in [0.1, 0.15) is 26.0 Å². The third-order valence-corrected chi connectivity index (χ3v) is 4.65. The van der Waals surface area contributed by atoms with Crippen molar-refractivity contribution in [2.24, 2.45) is 10.9 Å². The first-order valence-electron chi connectivity index (χ1n) is 10.2. The predicted molar refractivity (Wildman–Crippen MR) is 125 cm³/mol. The van der Waals surface area contributed by atoms with Gasteiger partial charge in [-0.05, 0) is 38.4 Å². The van der Waals surface area contributed by atoms with Crippen molar-refractivity contribution in [1.82, 2.24) is 20.4 Å². The number of rotatable bonds is 11. The summed E-state index contributed by atoms with van der Waals surface area (Å²) in [6.07, 6.45) is 2.60. The van der Waals surface area contributed by atoms with E-state index in [9.17, 15) is 0 Å². The van der Waals surface area contributed by atoms with E-state index in [1.54, 1.807) is 6.26 Å². The predicted octanol–water partition coefficient (Wildman–Crippen LogP) is 2.24. The number of hydrogen-bond acceptors (Lipinski definition) is 5. The Balaban J connectivity index is 0.00000392. The maximum atomic E-state index is 5.61. The minimum absolute atomic E-state index is 0. The van der Waals surface area contributed by atoms with Crippen LogP contribution in [0.2, 0.25) is 0 Å². The molecule has 0 radical (unpaired) electrons. The topological polar surface area (TPSA) is 65.3 Å². The second-order valence-electron chi connectivity index (χ2n) is 7.34. The lowest BCUT2D eigenvalue weighted by Gasteiger charge is -2.33. The summed E-state index contributed by atoms with van der Waals surface area (Å²) >= 11 is 0. The second-order valence-corrected chi connectivity index (χ2v) is 7.34. The van der Waals surface area contributed by atoms with Crippen LogP contribution in [-0.2, 0) is 11.3 Å². The van der Waals surface area contributed by atoms with E-state index in [1.165, 1.54) is 26.2 Å². The van der Waals surface area contributed by atoms with E-state index in [2.05, 4.69) is 41.3 Å². The maximum Gasteiger partial charge on any atom is 0.191 e. The molecule has 1 fully saturated rings. The number of aliphatic imine (C=N–C) groups is 1. The molecule has 2 heterocycles. The molecule has 162 valence electrons. The summed E-state index contributed by atoms with van der Waals surface area (Å²) in [7, 11) is 2.20. The van der Waals surface area contributed by atoms with Gasteiger partial charge in [-0.1, -0.05) is 6.92 Å². The fourth-order valence-corrected chi connectivity index (χ4v) is 3.07. The second kappa shape index (κ2) is 15.1. The summed E-state index contributed by atoms with van der Waals surface area (Å²) in [5.41, 5.74) is 0. The van der Waals surface area contributed by atoms with Crippen LogP contribution < -0.4 is 10.6 Å². The lowest BCUT2D eigenvalue weighted by atomic mass is 10.1. The van der Waals surface area contributed by atoms with Gasteiger partial charge in [-0.2, -0.15) is 0 Å². The van der Waals surface area contributed by atoms with Crippen molar-refractivity contribution in [2.75, 3.05) is 66.0 Å². The van der Waals surface area contributed by atoms with Crippen molar-refractivity contribution in [3.05, 3.63) is 24.2 Å². The molecule has 0 aliphatic carbocycles. The van der Waals surface area contributed by atoms with Gasteiger partial charge in [0.25, 0.3) is 0 Å². The molecular weight excluding hydrogens is 469 g/mol. The molecule has 28 heavy (non-hydrogen) atoms. The quantitative estimate of drug-likeness (QED) is 0.207. The van der Waals surface area contributed by atoms with Crippen LogP contribution in [0, 0.1) is 5.92 Å². The van der Waals surface area contributed by atoms with Crippen LogP contribution in [-0.4, -0.2) is 81.8 Å². The maximum absolute atomic E-state index is 5.61. The lowest BCUT2D eigenvalue weighted by molar-refractivity contribution is 0.105. The summed E-state index contributed by atoms with van der Waals surface area (Å²) in [6, 6.07) is 3.81. The third kappa shape index (κ3) is 10.6.